The van der Waals surface area contributed by atoms with E-state index in [9.17, 15) is 19.2 Å². The molecule has 66 heavy (non-hydrogen) atoms. The molecule has 0 atom stereocenters. The van der Waals surface area contributed by atoms with Crippen LogP contribution in [0.3, 0.4) is 0 Å². The number of benzene rings is 6. The van der Waals surface area contributed by atoms with Crippen LogP contribution in [0.1, 0.15) is 31.8 Å². The molecule has 0 bridgehead atoms. The van der Waals surface area contributed by atoms with Crippen LogP contribution in [0.2, 0.25) is 0 Å². The molecule has 0 spiro atoms. The molecular weight excluding hydrogens is 849 g/mol. The first-order chi connectivity index (χ1) is 32.1. The number of amides is 4. The molecule has 0 saturated heterocycles. The van der Waals surface area contributed by atoms with E-state index in [0.717, 1.165) is 43.4 Å². The first-order valence-electron chi connectivity index (χ1n) is 20.7. The van der Waals surface area contributed by atoms with Gasteiger partial charge in [0.15, 0.2) is 23.0 Å². The highest BCUT2D eigenvalue weighted by atomic mass is 16.5. The minimum atomic E-state index is -0.368. The fourth-order valence-electron chi connectivity index (χ4n) is 7.16. The Morgan fingerprint density at radius 1 is 0.455 bits per heavy atom. The van der Waals surface area contributed by atoms with E-state index in [1.807, 2.05) is 24.3 Å². The number of methoxy groups -OCH3 is 6. The van der Waals surface area contributed by atoms with E-state index in [1.54, 1.807) is 24.3 Å². The van der Waals surface area contributed by atoms with Crippen molar-refractivity contribution in [2.24, 2.45) is 0 Å². The molecule has 0 fully saturated rings. The third-order valence-corrected chi connectivity index (χ3v) is 10.2. The number of hydrogen-bond donors (Lipinski definition) is 4. The maximum atomic E-state index is 12.7. The van der Waals surface area contributed by atoms with Crippen LogP contribution in [0.25, 0.3) is 32.3 Å². The van der Waals surface area contributed by atoms with Gasteiger partial charge in [-0.05, 0) is 68.7 Å². The van der Waals surface area contributed by atoms with Crippen LogP contribution in [0.4, 0.5) is 0 Å². The van der Waals surface area contributed by atoms with Crippen LogP contribution in [0.5, 0.6) is 34.5 Å². The van der Waals surface area contributed by atoms with Crippen LogP contribution in [-0.4, -0.2) is 119 Å². The molecular formula is C50H50N4O12. The standard InChI is InChI=1S/C50H50N4O12/c1-59-39-25-35(26-40(60-2)47(39)63-5)49(57)53-21-19-51-43(55)29-65-23-7-9-31-11-13-33-16-18-38-32(12-14-34-15-17-37(31)45(33)46(34)38)10-8-24-66-30-44(56)52-20-22-54-50(58)36-27-41(61-3)48(64-6)42(28-36)62-4/h11-18,25-28H,19-24,29-30H2,1-6H3,(H,51,55)(H,52,56)(H,53,57)(H,54,58). The highest BCUT2D eigenvalue weighted by Gasteiger charge is 2.19. The first kappa shape index (κ1) is 47.6. The van der Waals surface area contributed by atoms with Gasteiger partial charge >= 0.3 is 0 Å². The first-order valence-corrected chi connectivity index (χ1v) is 20.7. The Hall–Kier alpha value is -7.92. The third kappa shape index (κ3) is 11.4. The summed E-state index contributed by atoms with van der Waals surface area (Å²) in [6.07, 6.45) is 0. The summed E-state index contributed by atoms with van der Waals surface area (Å²) < 4.78 is 42.9. The van der Waals surface area contributed by atoms with E-state index in [0.29, 0.717) is 45.6 Å². The van der Waals surface area contributed by atoms with Crippen LogP contribution < -0.4 is 49.7 Å². The van der Waals surface area contributed by atoms with Crippen LogP contribution in [0.15, 0.2) is 72.8 Å². The predicted molar refractivity (Wildman–Crippen MR) is 248 cm³/mol. The summed E-state index contributed by atoms with van der Waals surface area (Å²) in [5.41, 5.74) is 2.26. The molecule has 0 aliphatic heterocycles. The van der Waals surface area contributed by atoms with Gasteiger partial charge in [0.2, 0.25) is 23.3 Å². The summed E-state index contributed by atoms with van der Waals surface area (Å²) in [4.78, 5) is 50.2. The molecule has 16 nitrogen and oxygen atoms in total. The van der Waals surface area contributed by atoms with Crippen molar-refractivity contribution in [1.29, 1.82) is 0 Å². The highest BCUT2D eigenvalue weighted by molar-refractivity contribution is 6.24. The lowest BCUT2D eigenvalue weighted by molar-refractivity contribution is -0.125. The summed E-state index contributed by atoms with van der Waals surface area (Å²) in [6.45, 7) is 0.437. The number of ether oxygens (including phenoxy) is 8. The lowest BCUT2D eigenvalue weighted by Gasteiger charge is -2.14. The molecule has 4 amide bonds. The van der Waals surface area contributed by atoms with Crippen LogP contribution >= 0.6 is 0 Å². The van der Waals surface area contributed by atoms with Gasteiger partial charge in [0.25, 0.3) is 11.8 Å². The van der Waals surface area contributed by atoms with Crippen molar-refractivity contribution in [3.63, 3.8) is 0 Å². The molecule has 0 aliphatic rings. The molecule has 0 aromatic heterocycles. The molecule has 0 heterocycles. The molecule has 342 valence electrons. The highest BCUT2D eigenvalue weighted by Crippen LogP contribution is 2.40. The van der Waals surface area contributed by atoms with Gasteiger partial charge in [-0.15, -0.1) is 0 Å². The SMILES string of the molecule is COc1cc(C(=O)NCCNC(=O)COCC#Cc2ccc3ccc4c(C#CCOCC(=O)NCCNC(=O)c5cc(OC)c(OC)c(OC)c5)ccc5ccc2c3c54)cc(OC)c1OC. The Morgan fingerprint density at radius 3 is 1.15 bits per heavy atom. The van der Waals surface area contributed by atoms with Gasteiger partial charge in [0.05, 0.1) is 42.7 Å². The van der Waals surface area contributed by atoms with Crippen LogP contribution in [0, 0.1) is 23.7 Å². The molecule has 6 aromatic rings. The van der Waals surface area contributed by atoms with Gasteiger partial charge in [0.1, 0.15) is 26.4 Å². The fourth-order valence-corrected chi connectivity index (χ4v) is 7.16. The third-order valence-electron chi connectivity index (χ3n) is 10.2. The van der Waals surface area contributed by atoms with E-state index in [4.69, 9.17) is 37.9 Å². The minimum absolute atomic E-state index is 0.0347. The maximum Gasteiger partial charge on any atom is 0.251 e. The smallest absolute Gasteiger partial charge is 0.251 e. The van der Waals surface area contributed by atoms with Gasteiger partial charge in [-0.3, -0.25) is 19.2 Å². The molecule has 0 saturated carbocycles. The number of nitrogens with one attached hydrogen (secondary N) is 4. The Kier molecular flexibility index (Phi) is 16.7. The van der Waals surface area contributed by atoms with Crippen LogP contribution in [-0.2, 0) is 19.1 Å². The lowest BCUT2D eigenvalue weighted by atomic mass is 9.90. The van der Waals surface area contributed by atoms with Crippen molar-refractivity contribution < 1.29 is 57.1 Å². The summed E-state index contributed by atoms with van der Waals surface area (Å²) in [5.74, 6) is 13.2. The average molecular weight is 899 g/mol. The van der Waals surface area contributed by atoms with Gasteiger partial charge in [-0.25, -0.2) is 0 Å². The number of hydrogen-bond acceptors (Lipinski definition) is 12. The van der Waals surface area contributed by atoms with Gasteiger partial charge in [0, 0.05) is 48.4 Å². The number of carbonyl (C=O) groups excluding carboxylic acids is 4. The number of rotatable bonds is 20. The molecule has 0 aliphatic carbocycles. The van der Waals surface area contributed by atoms with Gasteiger partial charge in [-0.1, -0.05) is 60.1 Å². The second kappa shape index (κ2) is 23.1. The van der Waals surface area contributed by atoms with E-state index < -0.39 is 0 Å². The maximum absolute atomic E-state index is 12.7. The second-order valence-corrected chi connectivity index (χ2v) is 14.3. The van der Waals surface area contributed by atoms with E-state index >= 15 is 0 Å². The van der Waals surface area contributed by atoms with Gasteiger partial charge in [-0.2, -0.15) is 0 Å². The Morgan fingerprint density at radius 2 is 0.803 bits per heavy atom. The molecule has 0 unspecified atom stereocenters. The molecule has 6 aromatic carbocycles. The summed E-state index contributed by atoms with van der Waals surface area (Å²) in [5, 5.41) is 17.1. The summed E-state index contributed by atoms with van der Waals surface area (Å²) >= 11 is 0. The Bertz CT molecular complexity index is 2610. The fraction of sp³-hybridized carbons (Fsp3) is 0.280. The van der Waals surface area contributed by atoms with E-state index in [2.05, 4.69) is 69.2 Å². The van der Waals surface area contributed by atoms with E-state index in [1.165, 1.54) is 42.7 Å². The van der Waals surface area contributed by atoms with Crippen molar-refractivity contribution in [2.45, 2.75) is 0 Å². The van der Waals surface area contributed by atoms with Crippen molar-refractivity contribution in [3.8, 4) is 58.2 Å². The molecule has 4 N–H and O–H groups in total. The Balaban J connectivity index is 0.955. The molecule has 16 heteroatoms. The molecule has 0 radical (unpaired) electrons. The zero-order valence-electron chi connectivity index (χ0n) is 37.5. The summed E-state index contributed by atoms with van der Waals surface area (Å²) in [7, 11) is 8.83. The van der Waals surface area contributed by atoms with Crippen molar-refractivity contribution in [2.75, 3.05) is 95.3 Å². The van der Waals surface area contributed by atoms with Gasteiger partial charge < -0.3 is 59.2 Å². The van der Waals surface area contributed by atoms with E-state index in [-0.39, 0.29) is 76.2 Å². The monoisotopic (exact) mass is 898 g/mol. The van der Waals surface area contributed by atoms with Crippen molar-refractivity contribution >= 4 is 55.9 Å². The average Bonchev–Trinajstić information content (AvgIpc) is 3.34. The minimum Gasteiger partial charge on any atom is -0.493 e. The van der Waals surface area contributed by atoms with Crippen molar-refractivity contribution in [3.05, 3.63) is 95.1 Å². The normalized spacial score (nSPS) is 10.6. The quantitative estimate of drug-likeness (QED) is 0.0479. The predicted octanol–water partition coefficient (Wildman–Crippen LogP) is 4.46. The van der Waals surface area contributed by atoms with Crippen molar-refractivity contribution in [1.82, 2.24) is 21.3 Å². The molecule has 6 rings (SSSR count). The largest absolute Gasteiger partial charge is 0.493 e. The zero-order valence-corrected chi connectivity index (χ0v) is 37.5. The zero-order chi connectivity index (χ0) is 47.0. The summed E-state index contributed by atoms with van der Waals surface area (Å²) in [6, 6.07) is 22.4. The second-order valence-electron chi connectivity index (χ2n) is 14.3. The lowest BCUT2D eigenvalue weighted by Crippen LogP contribution is -2.36. The number of carbonyl (C=O) groups is 4. The Labute approximate surface area is 381 Å². The topological polar surface area (TPSA) is 190 Å².